The van der Waals surface area contributed by atoms with Gasteiger partial charge in [0, 0.05) is 11.0 Å². The second kappa shape index (κ2) is 10.2. The molecule has 0 aliphatic rings. The number of aromatic carboxylic acids is 1. The molecule has 0 bridgehead atoms. The summed E-state index contributed by atoms with van der Waals surface area (Å²) in [6.07, 6.45) is 4.00. The van der Waals surface area contributed by atoms with Crippen LogP contribution in [0.25, 0.3) is 0 Å². The molecule has 0 heterocycles. The van der Waals surface area contributed by atoms with E-state index in [1.165, 1.54) is 5.56 Å². The van der Waals surface area contributed by atoms with Crippen molar-refractivity contribution in [2.75, 3.05) is 0 Å². The standard InChI is InChI=1S/C28H36O3/c1-7-16-27(31,8-2)17-15-22-11-12-23(18-20(22)5)28(9-3,10-4)24-13-14-25(26(29)30)21(6)19-24/h11-14,18-19,31H,7-10,16H2,1-6H3,(H,29,30). The highest BCUT2D eigenvalue weighted by atomic mass is 16.4. The van der Waals surface area contributed by atoms with Gasteiger partial charge in [-0.25, -0.2) is 4.79 Å². The zero-order valence-electron chi connectivity index (χ0n) is 19.8. The maximum Gasteiger partial charge on any atom is 0.335 e. The summed E-state index contributed by atoms with van der Waals surface area (Å²) in [6.45, 7) is 12.3. The molecule has 0 aliphatic heterocycles. The average Bonchev–Trinajstić information content (AvgIpc) is 2.74. The number of hydrogen-bond donors (Lipinski definition) is 2. The Morgan fingerprint density at radius 1 is 0.903 bits per heavy atom. The predicted octanol–water partition coefficient (Wildman–Crippen LogP) is 6.40. The summed E-state index contributed by atoms with van der Waals surface area (Å²) < 4.78 is 0. The molecule has 0 saturated carbocycles. The van der Waals surface area contributed by atoms with Crippen LogP contribution in [0.15, 0.2) is 36.4 Å². The first-order valence-corrected chi connectivity index (χ1v) is 11.4. The second-order valence-electron chi connectivity index (χ2n) is 8.54. The van der Waals surface area contributed by atoms with Crippen LogP contribution >= 0.6 is 0 Å². The molecule has 3 nitrogen and oxygen atoms in total. The van der Waals surface area contributed by atoms with Crippen molar-refractivity contribution >= 4 is 5.97 Å². The smallest absolute Gasteiger partial charge is 0.335 e. The fraction of sp³-hybridized carbons (Fsp3) is 0.464. The molecule has 1 atom stereocenters. The molecule has 0 radical (unpaired) electrons. The fourth-order valence-electron chi connectivity index (χ4n) is 4.46. The molecule has 166 valence electrons. The molecule has 1 unspecified atom stereocenters. The normalized spacial score (nSPS) is 13.3. The number of carboxylic acid groups (broad SMARTS) is 1. The average molecular weight is 421 g/mol. The molecule has 2 rings (SSSR count). The Bertz CT molecular complexity index is 989. The van der Waals surface area contributed by atoms with Gasteiger partial charge in [0.1, 0.15) is 5.60 Å². The molecular formula is C28H36O3. The van der Waals surface area contributed by atoms with E-state index in [4.69, 9.17) is 0 Å². The number of aliphatic hydroxyl groups is 1. The Labute approximate surface area is 187 Å². The SMILES string of the molecule is CCCC(O)(C#Cc1ccc(C(CC)(CC)c2ccc(C(=O)O)c(C)c2)cc1C)CC. The minimum absolute atomic E-state index is 0.190. The Morgan fingerprint density at radius 3 is 1.94 bits per heavy atom. The van der Waals surface area contributed by atoms with E-state index in [0.717, 1.165) is 41.5 Å². The third kappa shape index (κ3) is 5.20. The molecule has 0 spiro atoms. The van der Waals surface area contributed by atoms with Crippen LogP contribution in [0.4, 0.5) is 0 Å². The van der Waals surface area contributed by atoms with E-state index in [2.05, 4.69) is 57.7 Å². The number of aryl methyl sites for hydroxylation is 2. The summed E-state index contributed by atoms with van der Waals surface area (Å²) in [5.41, 5.74) is 4.39. The van der Waals surface area contributed by atoms with Gasteiger partial charge in [-0.1, -0.05) is 70.2 Å². The van der Waals surface area contributed by atoms with Crippen LogP contribution in [0.5, 0.6) is 0 Å². The van der Waals surface area contributed by atoms with Crippen molar-refractivity contribution in [1.29, 1.82) is 0 Å². The minimum Gasteiger partial charge on any atom is -0.478 e. The zero-order valence-corrected chi connectivity index (χ0v) is 19.8. The van der Waals surface area contributed by atoms with Crippen molar-refractivity contribution in [3.05, 3.63) is 69.8 Å². The van der Waals surface area contributed by atoms with Gasteiger partial charge in [-0.3, -0.25) is 0 Å². The molecule has 0 amide bonds. The minimum atomic E-state index is -0.931. The Balaban J connectivity index is 2.51. The van der Waals surface area contributed by atoms with Gasteiger partial charge in [-0.2, -0.15) is 0 Å². The van der Waals surface area contributed by atoms with Crippen LogP contribution in [0, 0.1) is 25.7 Å². The van der Waals surface area contributed by atoms with E-state index in [1.54, 1.807) is 6.07 Å². The van der Waals surface area contributed by atoms with Crippen molar-refractivity contribution in [3.8, 4) is 11.8 Å². The molecule has 3 heteroatoms. The largest absolute Gasteiger partial charge is 0.478 e. The predicted molar refractivity (Wildman–Crippen MR) is 128 cm³/mol. The third-order valence-electron chi connectivity index (χ3n) is 6.67. The highest BCUT2D eigenvalue weighted by molar-refractivity contribution is 5.89. The van der Waals surface area contributed by atoms with Crippen molar-refractivity contribution in [2.24, 2.45) is 0 Å². The van der Waals surface area contributed by atoms with E-state index in [1.807, 2.05) is 26.0 Å². The lowest BCUT2D eigenvalue weighted by molar-refractivity contribution is 0.0696. The molecule has 0 fully saturated rings. The lowest BCUT2D eigenvalue weighted by Gasteiger charge is -2.34. The van der Waals surface area contributed by atoms with Gasteiger partial charge in [0.05, 0.1) is 5.56 Å². The number of carboxylic acids is 1. The van der Waals surface area contributed by atoms with Crippen LogP contribution < -0.4 is 0 Å². The number of carbonyl (C=O) groups is 1. The van der Waals surface area contributed by atoms with Gasteiger partial charge in [-0.15, -0.1) is 0 Å². The van der Waals surface area contributed by atoms with Crippen LogP contribution in [0.1, 0.15) is 98.0 Å². The molecule has 2 N–H and O–H groups in total. The monoisotopic (exact) mass is 420 g/mol. The first kappa shape index (κ1) is 24.7. The maximum atomic E-state index is 11.4. The lowest BCUT2D eigenvalue weighted by Crippen LogP contribution is -2.26. The van der Waals surface area contributed by atoms with Gasteiger partial charge in [-0.05, 0) is 73.9 Å². The van der Waals surface area contributed by atoms with Crippen LogP contribution in [-0.2, 0) is 5.41 Å². The third-order valence-corrected chi connectivity index (χ3v) is 6.67. The van der Waals surface area contributed by atoms with Gasteiger partial charge in [0.25, 0.3) is 0 Å². The highest BCUT2D eigenvalue weighted by Crippen LogP contribution is 2.40. The zero-order chi connectivity index (χ0) is 23.2. The van der Waals surface area contributed by atoms with E-state index >= 15 is 0 Å². The number of benzene rings is 2. The van der Waals surface area contributed by atoms with Crippen LogP contribution in [0.3, 0.4) is 0 Å². The van der Waals surface area contributed by atoms with E-state index in [-0.39, 0.29) is 5.41 Å². The van der Waals surface area contributed by atoms with Crippen LogP contribution in [0.2, 0.25) is 0 Å². The molecule has 2 aromatic carbocycles. The number of hydrogen-bond acceptors (Lipinski definition) is 2. The summed E-state index contributed by atoms with van der Waals surface area (Å²) in [4.78, 5) is 11.4. The fourth-order valence-corrected chi connectivity index (χ4v) is 4.46. The molecule has 0 saturated heterocycles. The lowest BCUT2D eigenvalue weighted by atomic mass is 9.69. The number of rotatable bonds is 8. The quantitative estimate of drug-likeness (QED) is 0.486. The molecule has 0 aromatic heterocycles. The Morgan fingerprint density at radius 2 is 1.48 bits per heavy atom. The van der Waals surface area contributed by atoms with Crippen molar-refractivity contribution in [3.63, 3.8) is 0 Å². The summed E-state index contributed by atoms with van der Waals surface area (Å²) in [5.74, 6) is 5.41. The molecule has 0 aliphatic carbocycles. The van der Waals surface area contributed by atoms with Gasteiger partial charge in [0.2, 0.25) is 0 Å². The summed E-state index contributed by atoms with van der Waals surface area (Å²) in [6, 6.07) is 12.1. The van der Waals surface area contributed by atoms with E-state index in [0.29, 0.717) is 18.4 Å². The summed E-state index contributed by atoms with van der Waals surface area (Å²) >= 11 is 0. The van der Waals surface area contributed by atoms with Gasteiger partial charge < -0.3 is 10.2 Å². The molecule has 2 aromatic rings. The topological polar surface area (TPSA) is 57.5 Å². The highest BCUT2D eigenvalue weighted by Gasteiger charge is 2.31. The first-order chi connectivity index (χ1) is 14.7. The molecular weight excluding hydrogens is 384 g/mol. The van der Waals surface area contributed by atoms with Gasteiger partial charge >= 0.3 is 5.97 Å². The second-order valence-corrected chi connectivity index (χ2v) is 8.54. The Hall–Kier alpha value is -2.57. The van der Waals surface area contributed by atoms with Gasteiger partial charge in [0.15, 0.2) is 0 Å². The first-order valence-electron chi connectivity index (χ1n) is 11.4. The molecule has 31 heavy (non-hydrogen) atoms. The van der Waals surface area contributed by atoms with Crippen molar-refractivity contribution in [2.45, 2.75) is 84.7 Å². The Kier molecular flexibility index (Phi) is 8.09. The summed E-state index contributed by atoms with van der Waals surface area (Å²) in [7, 11) is 0. The van der Waals surface area contributed by atoms with Crippen LogP contribution in [-0.4, -0.2) is 21.8 Å². The van der Waals surface area contributed by atoms with Crippen molar-refractivity contribution < 1.29 is 15.0 Å². The summed E-state index contributed by atoms with van der Waals surface area (Å²) in [5, 5.41) is 20.0. The maximum absolute atomic E-state index is 11.4. The van der Waals surface area contributed by atoms with E-state index < -0.39 is 11.6 Å². The van der Waals surface area contributed by atoms with E-state index in [9.17, 15) is 15.0 Å². The van der Waals surface area contributed by atoms with Crippen molar-refractivity contribution in [1.82, 2.24) is 0 Å².